The molecule has 0 fully saturated rings. The minimum atomic E-state index is -1.14. The van der Waals surface area contributed by atoms with Crippen molar-refractivity contribution in [2.45, 2.75) is 0 Å². The van der Waals surface area contributed by atoms with Gasteiger partial charge >= 0.3 is 5.97 Å². The maximum atomic E-state index is 12.5. The van der Waals surface area contributed by atoms with Gasteiger partial charge in [-0.2, -0.15) is 0 Å². The van der Waals surface area contributed by atoms with Crippen LogP contribution in [0.3, 0.4) is 0 Å². The maximum Gasteiger partial charge on any atom is 0.339 e. The van der Waals surface area contributed by atoms with Gasteiger partial charge in [0.05, 0.1) is 23.2 Å². The molecule has 0 radical (unpaired) electrons. The minimum Gasteiger partial charge on any atom is -0.493 e. The number of hydrogen-bond acceptors (Lipinski definition) is 5. The van der Waals surface area contributed by atoms with Gasteiger partial charge < -0.3 is 15.2 Å². The first-order valence-electron chi connectivity index (χ1n) is 7.15. The van der Waals surface area contributed by atoms with Gasteiger partial charge in [0.25, 0.3) is 5.91 Å². The van der Waals surface area contributed by atoms with E-state index in [4.69, 9.17) is 27.9 Å². The molecule has 3 aromatic rings. The number of benzene rings is 1. The molecule has 9 heteroatoms. The number of ether oxygens (including phenoxy) is 1. The Morgan fingerprint density at radius 3 is 2.42 bits per heavy atom. The second-order valence-corrected chi connectivity index (χ2v) is 7.87. The topological polar surface area (TPSA) is 75.6 Å². The van der Waals surface area contributed by atoms with E-state index in [0.717, 1.165) is 11.3 Å². The van der Waals surface area contributed by atoms with E-state index in [9.17, 15) is 14.7 Å². The molecule has 0 aliphatic rings. The molecule has 0 atom stereocenters. The summed E-state index contributed by atoms with van der Waals surface area (Å²) in [5, 5.41) is 16.0. The van der Waals surface area contributed by atoms with E-state index < -0.39 is 11.9 Å². The van der Waals surface area contributed by atoms with Gasteiger partial charge in [0.1, 0.15) is 9.90 Å². The largest absolute Gasteiger partial charge is 0.493 e. The van der Waals surface area contributed by atoms with Crippen molar-refractivity contribution in [3.8, 4) is 16.2 Å². The van der Waals surface area contributed by atoms with Crippen LogP contribution >= 0.6 is 45.9 Å². The fourth-order valence-corrected chi connectivity index (χ4v) is 4.51. The number of carboxylic acid groups (broad SMARTS) is 1. The van der Waals surface area contributed by atoms with E-state index in [-0.39, 0.29) is 22.6 Å². The van der Waals surface area contributed by atoms with Crippen LogP contribution in [0.4, 0.5) is 5.69 Å². The molecule has 0 aliphatic carbocycles. The monoisotopic (exact) mass is 427 g/mol. The summed E-state index contributed by atoms with van der Waals surface area (Å²) >= 11 is 14.2. The van der Waals surface area contributed by atoms with Gasteiger partial charge in [-0.1, -0.05) is 35.3 Å². The second-order valence-electron chi connectivity index (χ2n) is 5.08. The number of rotatable bonds is 5. The standard InChI is InChI=1S/C17H11Cl2NO4S2/c1-24-13-10(6-26-15(13)19)16(21)20-11-7-25-14(12(11)17(22)23)8-2-4-9(18)5-3-8/h2-7H,1H3,(H,20,21)(H,22,23). The number of methoxy groups -OCH3 is 1. The van der Waals surface area contributed by atoms with Crippen molar-refractivity contribution in [1.29, 1.82) is 0 Å². The number of halogens is 2. The Kier molecular flexibility index (Phi) is 5.52. The third-order valence-corrected chi connectivity index (χ3v) is 5.98. The average Bonchev–Trinajstić information content (AvgIpc) is 3.19. The van der Waals surface area contributed by atoms with Crippen LogP contribution in [0.25, 0.3) is 10.4 Å². The average molecular weight is 428 g/mol. The Morgan fingerprint density at radius 2 is 1.81 bits per heavy atom. The molecule has 3 rings (SSSR count). The molecule has 134 valence electrons. The number of carboxylic acids is 1. The highest BCUT2D eigenvalue weighted by atomic mass is 35.5. The zero-order chi connectivity index (χ0) is 18.8. The lowest BCUT2D eigenvalue weighted by atomic mass is 10.1. The second kappa shape index (κ2) is 7.67. The van der Waals surface area contributed by atoms with E-state index in [0.29, 0.717) is 19.8 Å². The van der Waals surface area contributed by atoms with Crippen LogP contribution in [0.15, 0.2) is 35.0 Å². The molecule has 0 unspecified atom stereocenters. The summed E-state index contributed by atoms with van der Waals surface area (Å²) in [4.78, 5) is 24.8. The van der Waals surface area contributed by atoms with Crippen molar-refractivity contribution >= 4 is 63.4 Å². The predicted molar refractivity (Wildman–Crippen MR) is 106 cm³/mol. The van der Waals surface area contributed by atoms with Crippen LogP contribution in [0.5, 0.6) is 5.75 Å². The predicted octanol–water partition coefficient (Wildman–Crippen LogP) is 5.74. The lowest BCUT2D eigenvalue weighted by Crippen LogP contribution is -2.14. The Morgan fingerprint density at radius 1 is 1.12 bits per heavy atom. The first kappa shape index (κ1) is 18.7. The minimum absolute atomic E-state index is 0.0194. The molecule has 5 nitrogen and oxygen atoms in total. The molecule has 1 aromatic carbocycles. The Bertz CT molecular complexity index is 979. The van der Waals surface area contributed by atoms with Crippen LogP contribution < -0.4 is 10.1 Å². The van der Waals surface area contributed by atoms with E-state index in [1.807, 2.05) is 0 Å². The van der Waals surface area contributed by atoms with Crippen LogP contribution in [0.2, 0.25) is 9.36 Å². The van der Waals surface area contributed by atoms with Crippen LogP contribution in [0.1, 0.15) is 20.7 Å². The molecule has 1 amide bonds. The van der Waals surface area contributed by atoms with Gasteiger partial charge in [-0.25, -0.2) is 4.79 Å². The highest BCUT2D eigenvalue weighted by Gasteiger charge is 2.24. The van der Waals surface area contributed by atoms with Crippen molar-refractivity contribution in [3.63, 3.8) is 0 Å². The summed E-state index contributed by atoms with van der Waals surface area (Å²) in [5.74, 6) is -1.37. The van der Waals surface area contributed by atoms with E-state index in [1.54, 1.807) is 35.0 Å². The van der Waals surface area contributed by atoms with Crippen molar-refractivity contribution in [2.75, 3.05) is 12.4 Å². The summed E-state index contributed by atoms with van der Waals surface area (Å²) in [6.45, 7) is 0. The third kappa shape index (κ3) is 3.57. The molecule has 0 aliphatic heterocycles. The van der Waals surface area contributed by atoms with Gasteiger partial charge in [0.2, 0.25) is 0 Å². The van der Waals surface area contributed by atoms with E-state index in [1.165, 1.54) is 18.4 Å². The summed E-state index contributed by atoms with van der Waals surface area (Å²) in [5.41, 5.74) is 1.18. The molecular weight excluding hydrogens is 417 g/mol. The molecule has 0 saturated heterocycles. The number of thiophene rings is 2. The number of nitrogens with one attached hydrogen (secondary N) is 1. The zero-order valence-corrected chi connectivity index (χ0v) is 16.4. The number of carbonyl (C=O) groups is 2. The van der Waals surface area contributed by atoms with Crippen molar-refractivity contribution in [1.82, 2.24) is 0 Å². The lowest BCUT2D eigenvalue weighted by Gasteiger charge is -2.07. The van der Waals surface area contributed by atoms with Crippen molar-refractivity contribution < 1.29 is 19.4 Å². The van der Waals surface area contributed by atoms with Crippen LogP contribution in [0, 0.1) is 0 Å². The van der Waals surface area contributed by atoms with Gasteiger partial charge in [0, 0.05) is 15.8 Å². The lowest BCUT2D eigenvalue weighted by molar-refractivity contribution is 0.0699. The van der Waals surface area contributed by atoms with Gasteiger partial charge in [-0.15, -0.1) is 22.7 Å². The number of anilines is 1. The smallest absolute Gasteiger partial charge is 0.339 e. The fourth-order valence-electron chi connectivity index (χ4n) is 2.34. The summed E-state index contributed by atoms with van der Waals surface area (Å²) in [6.07, 6.45) is 0. The van der Waals surface area contributed by atoms with Crippen molar-refractivity contribution in [3.05, 3.63) is 55.5 Å². The Balaban J connectivity index is 1.97. The number of hydrogen-bond donors (Lipinski definition) is 2. The number of aromatic carboxylic acids is 1. The van der Waals surface area contributed by atoms with Crippen LogP contribution in [-0.2, 0) is 0 Å². The normalized spacial score (nSPS) is 10.6. The molecule has 0 bridgehead atoms. The van der Waals surface area contributed by atoms with Gasteiger partial charge in [-0.05, 0) is 17.7 Å². The first-order valence-corrected chi connectivity index (χ1v) is 9.67. The summed E-state index contributed by atoms with van der Waals surface area (Å²) in [7, 11) is 1.41. The molecule has 2 N–H and O–H groups in total. The first-order chi connectivity index (χ1) is 12.4. The number of carbonyl (C=O) groups excluding carboxylic acids is 1. The molecular formula is C17H11Cl2NO4S2. The Labute approximate surface area is 166 Å². The highest BCUT2D eigenvalue weighted by Crippen LogP contribution is 2.38. The molecule has 0 spiro atoms. The van der Waals surface area contributed by atoms with Crippen LogP contribution in [-0.4, -0.2) is 24.1 Å². The molecule has 0 saturated carbocycles. The maximum absolute atomic E-state index is 12.5. The zero-order valence-electron chi connectivity index (χ0n) is 13.2. The van der Waals surface area contributed by atoms with E-state index in [2.05, 4.69) is 5.32 Å². The third-order valence-electron chi connectivity index (χ3n) is 3.51. The number of amides is 1. The van der Waals surface area contributed by atoms with Gasteiger partial charge in [-0.3, -0.25) is 4.79 Å². The fraction of sp³-hybridized carbons (Fsp3) is 0.0588. The molecule has 2 heterocycles. The summed E-state index contributed by atoms with van der Waals surface area (Å²) < 4.78 is 5.48. The highest BCUT2D eigenvalue weighted by molar-refractivity contribution is 7.15. The molecule has 2 aromatic heterocycles. The van der Waals surface area contributed by atoms with Gasteiger partial charge in [0.15, 0.2) is 5.75 Å². The van der Waals surface area contributed by atoms with Crippen molar-refractivity contribution in [2.24, 2.45) is 0 Å². The Hall–Kier alpha value is -2.06. The molecule has 26 heavy (non-hydrogen) atoms. The quantitative estimate of drug-likeness (QED) is 0.543. The SMILES string of the molecule is COc1c(C(=O)Nc2csc(-c3ccc(Cl)cc3)c2C(=O)O)csc1Cl. The summed E-state index contributed by atoms with van der Waals surface area (Å²) in [6, 6.07) is 6.82. The van der Waals surface area contributed by atoms with E-state index >= 15 is 0 Å².